The molecule has 0 aliphatic rings. The Balaban J connectivity index is 2.34. The molecule has 0 saturated heterocycles. The highest BCUT2D eigenvalue weighted by Crippen LogP contribution is 2.38. The Kier molecular flexibility index (Phi) is 9.07. The number of nitrogens with zero attached hydrogens (tertiary/aromatic N) is 1. The van der Waals surface area contributed by atoms with Crippen molar-refractivity contribution in [3.8, 4) is 17.2 Å². The van der Waals surface area contributed by atoms with Crippen LogP contribution in [0.2, 0.25) is 10.0 Å². The van der Waals surface area contributed by atoms with Crippen LogP contribution >= 0.6 is 23.2 Å². The van der Waals surface area contributed by atoms with Crippen molar-refractivity contribution in [1.82, 2.24) is 4.90 Å². The summed E-state index contributed by atoms with van der Waals surface area (Å²) in [5, 5.41) is 0.770. The molecular formula is C22H27Cl2NO6S. The first-order chi connectivity index (χ1) is 15.0. The number of amides is 1. The predicted octanol–water partition coefficient (Wildman–Crippen LogP) is 4.31. The first-order valence-corrected chi connectivity index (χ1v) is 12.5. The average Bonchev–Trinajstić information content (AvgIpc) is 2.75. The molecule has 0 radical (unpaired) electrons. The van der Waals surface area contributed by atoms with Gasteiger partial charge in [0.2, 0.25) is 5.75 Å². The van der Waals surface area contributed by atoms with Gasteiger partial charge in [-0.15, -0.1) is 0 Å². The highest BCUT2D eigenvalue weighted by atomic mass is 35.5. The molecule has 0 N–H and O–H groups in total. The van der Waals surface area contributed by atoms with Gasteiger partial charge in [-0.25, -0.2) is 8.42 Å². The van der Waals surface area contributed by atoms with Gasteiger partial charge in [0.05, 0.1) is 37.1 Å². The molecule has 0 aliphatic carbocycles. The molecule has 0 spiro atoms. The first kappa shape index (κ1) is 26.1. The molecule has 10 heteroatoms. The standard InChI is InChI=1S/C22H27Cl2NO6S/c1-25(22(26)16-11-19(29-2)21(31-4)20(12-16)30-3)13-15(8-9-32(5,27)28)14-6-7-17(23)18(24)10-14/h6-7,10-12,15H,8-9,13H2,1-5H3. The topological polar surface area (TPSA) is 82.1 Å². The number of ether oxygens (including phenoxy) is 3. The first-order valence-electron chi connectivity index (χ1n) is 9.68. The van der Waals surface area contributed by atoms with Gasteiger partial charge < -0.3 is 19.1 Å². The highest BCUT2D eigenvalue weighted by Gasteiger charge is 2.23. The van der Waals surface area contributed by atoms with Crippen LogP contribution in [0.4, 0.5) is 0 Å². The second kappa shape index (κ2) is 11.1. The van der Waals surface area contributed by atoms with Crippen molar-refractivity contribution >= 4 is 38.9 Å². The van der Waals surface area contributed by atoms with Crippen LogP contribution in [0.15, 0.2) is 30.3 Å². The summed E-state index contributed by atoms with van der Waals surface area (Å²) in [6.07, 6.45) is 1.51. The Bertz CT molecular complexity index is 1050. The summed E-state index contributed by atoms with van der Waals surface area (Å²) in [4.78, 5) is 14.7. The van der Waals surface area contributed by atoms with Crippen LogP contribution in [0.5, 0.6) is 17.2 Å². The van der Waals surface area contributed by atoms with Crippen molar-refractivity contribution in [2.24, 2.45) is 0 Å². The molecule has 0 bridgehead atoms. The Hall–Kier alpha value is -2.16. The summed E-state index contributed by atoms with van der Waals surface area (Å²) in [6.45, 7) is 0.267. The van der Waals surface area contributed by atoms with Crippen LogP contribution in [0.1, 0.15) is 28.3 Å². The summed E-state index contributed by atoms with van der Waals surface area (Å²) in [7, 11) is 2.89. The summed E-state index contributed by atoms with van der Waals surface area (Å²) in [6, 6.07) is 8.30. The van der Waals surface area contributed by atoms with E-state index in [2.05, 4.69) is 0 Å². The molecule has 176 valence electrons. The molecule has 0 aliphatic heterocycles. The fraction of sp³-hybridized carbons (Fsp3) is 0.409. The number of sulfone groups is 1. The van der Waals surface area contributed by atoms with Crippen LogP contribution in [-0.2, 0) is 9.84 Å². The van der Waals surface area contributed by atoms with Crippen molar-refractivity contribution in [3.05, 3.63) is 51.5 Å². The number of benzene rings is 2. The largest absolute Gasteiger partial charge is 0.493 e. The maximum atomic E-state index is 13.2. The number of halogens is 2. The fourth-order valence-corrected chi connectivity index (χ4v) is 4.34. The minimum atomic E-state index is -3.19. The molecule has 1 amide bonds. The third-order valence-corrected chi connectivity index (χ3v) is 6.72. The van der Waals surface area contributed by atoms with E-state index in [0.29, 0.717) is 39.3 Å². The van der Waals surface area contributed by atoms with E-state index in [4.69, 9.17) is 37.4 Å². The summed E-state index contributed by atoms with van der Waals surface area (Å²) in [5.41, 5.74) is 1.14. The maximum Gasteiger partial charge on any atom is 0.253 e. The molecule has 7 nitrogen and oxygen atoms in total. The van der Waals surface area contributed by atoms with Gasteiger partial charge in [-0.3, -0.25) is 4.79 Å². The average molecular weight is 504 g/mol. The monoisotopic (exact) mass is 503 g/mol. The van der Waals surface area contributed by atoms with Crippen molar-refractivity contribution < 1.29 is 27.4 Å². The van der Waals surface area contributed by atoms with Crippen molar-refractivity contribution in [1.29, 1.82) is 0 Å². The van der Waals surface area contributed by atoms with Crippen molar-refractivity contribution in [2.75, 3.05) is 46.9 Å². The highest BCUT2D eigenvalue weighted by molar-refractivity contribution is 7.90. The van der Waals surface area contributed by atoms with E-state index >= 15 is 0 Å². The zero-order chi connectivity index (χ0) is 24.1. The SMILES string of the molecule is COc1cc(C(=O)N(C)CC(CCS(C)(=O)=O)c2ccc(Cl)c(Cl)c2)cc(OC)c1OC. The Morgan fingerprint density at radius 2 is 1.59 bits per heavy atom. The van der Waals surface area contributed by atoms with Gasteiger partial charge in [-0.05, 0) is 36.2 Å². The Morgan fingerprint density at radius 3 is 2.06 bits per heavy atom. The molecule has 0 saturated carbocycles. The van der Waals surface area contributed by atoms with Crippen molar-refractivity contribution in [2.45, 2.75) is 12.3 Å². The molecule has 1 unspecified atom stereocenters. The lowest BCUT2D eigenvalue weighted by Gasteiger charge is -2.25. The van der Waals surface area contributed by atoms with Crippen LogP contribution in [-0.4, -0.2) is 66.2 Å². The van der Waals surface area contributed by atoms with Gasteiger partial charge in [0.1, 0.15) is 9.84 Å². The Labute approximate surface area is 199 Å². The van der Waals surface area contributed by atoms with Crippen LogP contribution < -0.4 is 14.2 Å². The number of hydrogen-bond donors (Lipinski definition) is 0. The van der Waals surface area contributed by atoms with E-state index in [-0.39, 0.29) is 24.1 Å². The van der Waals surface area contributed by atoms with Gasteiger partial charge in [-0.2, -0.15) is 0 Å². The number of methoxy groups -OCH3 is 3. The molecule has 2 aromatic carbocycles. The summed E-state index contributed by atoms with van der Waals surface area (Å²) in [5.74, 6) is 0.535. The van der Waals surface area contributed by atoms with E-state index in [1.165, 1.54) is 32.5 Å². The van der Waals surface area contributed by atoms with Crippen LogP contribution in [0.25, 0.3) is 0 Å². The van der Waals surface area contributed by atoms with Crippen molar-refractivity contribution in [3.63, 3.8) is 0 Å². The molecule has 1 atom stereocenters. The molecule has 2 rings (SSSR count). The summed E-state index contributed by atoms with van der Waals surface area (Å²) >= 11 is 12.2. The third-order valence-electron chi connectivity index (χ3n) is 5.00. The molecule has 2 aromatic rings. The number of rotatable bonds is 10. The van der Waals surface area contributed by atoms with Gasteiger partial charge in [0, 0.05) is 31.3 Å². The van der Waals surface area contributed by atoms with E-state index in [0.717, 1.165) is 5.56 Å². The third kappa shape index (κ3) is 6.67. The number of carbonyl (C=O) groups excluding carboxylic acids is 1. The van der Waals surface area contributed by atoms with Gasteiger partial charge in [0.25, 0.3) is 5.91 Å². The fourth-order valence-electron chi connectivity index (χ4n) is 3.32. The van der Waals surface area contributed by atoms with Gasteiger partial charge >= 0.3 is 0 Å². The van der Waals surface area contributed by atoms with Gasteiger partial charge in [-0.1, -0.05) is 29.3 Å². The van der Waals surface area contributed by atoms with Crippen LogP contribution in [0, 0.1) is 0 Å². The van der Waals surface area contributed by atoms with E-state index < -0.39 is 9.84 Å². The van der Waals surface area contributed by atoms with E-state index in [1.54, 1.807) is 37.4 Å². The maximum absolute atomic E-state index is 13.2. The van der Waals surface area contributed by atoms with E-state index in [1.807, 2.05) is 0 Å². The quantitative estimate of drug-likeness (QED) is 0.480. The predicted molar refractivity (Wildman–Crippen MR) is 127 cm³/mol. The van der Waals surface area contributed by atoms with Gasteiger partial charge in [0.15, 0.2) is 11.5 Å². The van der Waals surface area contributed by atoms with Crippen LogP contribution in [0.3, 0.4) is 0 Å². The lowest BCUT2D eigenvalue weighted by atomic mass is 9.95. The minimum Gasteiger partial charge on any atom is -0.493 e. The zero-order valence-electron chi connectivity index (χ0n) is 18.6. The second-order valence-electron chi connectivity index (χ2n) is 7.39. The number of hydrogen-bond acceptors (Lipinski definition) is 6. The molecule has 0 fully saturated rings. The smallest absolute Gasteiger partial charge is 0.253 e. The zero-order valence-corrected chi connectivity index (χ0v) is 21.0. The number of likely N-dealkylation sites (N-methyl/N-ethyl adjacent to an activating group) is 1. The lowest BCUT2D eigenvalue weighted by molar-refractivity contribution is 0.0784. The lowest BCUT2D eigenvalue weighted by Crippen LogP contribution is -2.32. The minimum absolute atomic E-state index is 0.0237. The number of carbonyl (C=O) groups is 1. The second-order valence-corrected chi connectivity index (χ2v) is 10.5. The Morgan fingerprint density at radius 1 is 1.00 bits per heavy atom. The molecule has 32 heavy (non-hydrogen) atoms. The summed E-state index contributed by atoms with van der Waals surface area (Å²) < 4.78 is 39.5. The molecule has 0 aromatic heterocycles. The molecule has 0 heterocycles. The van der Waals surface area contributed by atoms with E-state index in [9.17, 15) is 13.2 Å². The normalized spacial score (nSPS) is 12.2. The molecular weight excluding hydrogens is 477 g/mol.